The van der Waals surface area contributed by atoms with E-state index in [1.54, 1.807) is 41.5 Å². The molecule has 0 bridgehead atoms. The summed E-state index contributed by atoms with van der Waals surface area (Å²) in [6.45, 7) is 0. The van der Waals surface area contributed by atoms with E-state index in [2.05, 4.69) is 10.4 Å². The molecule has 1 aliphatic carbocycles. The minimum Gasteiger partial charge on any atom is -0.472 e. The quantitative estimate of drug-likeness (QED) is 0.308. The lowest BCUT2D eigenvalue weighted by Gasteiger charge is -2.20. The van der Waals surface area contributed by atoms with Crippen LogP contribution >= 0.6 is 11.6 Å². The second-order valence-electron chi connectivity index (χ2n) is 8.82. The molecule has 2 aromatic heterocycles. The number of nitrogens with zero attached hydrogens (tertiary/aromatic N) is 2. The monoisotopic (exact) mass is 508 g/mol. The first-order chi connectivity index (χ1) is 18.0. The van der Waals surface area contributed by atoms with Crippen LogP contribution in [-0.4, -0.2) is 21.6 Å². The molecule has 37 heavy (non-hydrogen) atoms. The highest BCUT2D eigenvalue weighted by atomic mass is 35.5. The Labute approximate surface area is 217 Å². The molecule has 0 fully saturated rings. The number of furan rings is 1. The highest BCUT2D eigenvalue weighted by molar-refractivity contribution is 6.34. The van der Waals surface area contributed by atoms with Gasteiger partial charge in [0.15, 0.2) is 5.69 Å². The number of rotatable bonds is 5. The molecule has 8 heteroatoms. The number of aromatic nitrogens is 2. The fraction of sp³-hybridized carbons (Fsp3) is 0.0690. The van der Waals surface area contributed by atoms with Crippen molar-refractivity contribution in [2.45, 2.75) is 12.8 Å². The summed E-state index contributed by atoms with van der Waals surface area (Å²) in [6.07, 6.45) is 4.68. The Hall–Kier alpha value is -4.62. The van der Waals surface area contributed by atoms with Gasteiger partial charge in [0.25, 0.3) is 11.8 Å². The molecule has 0 saturated carbocycles. The summed E-state index contributed by atoms with van der Waals surface area (Å²) >= 11 is 6.21. The summed E-state index contributed by atoms with van der Waals surface area (Å²) in [7, 11) is 0. The molecule has 3 aromatic carbocycles. The van der Waals surface area contributed by atoms with E-state index >= 15 is 0 Å². The molecule has 0 atom stereocenters. The van der Waals surface area contributed by atoms with E-state index in [-0.39, 0.29) is 11.6 Å². The Morgan fingerprint density at radius 2 is 1.78 bits per heavy atom. The lowest BCUT2D eigenvalue weighted by Crippen LogP contribution is -2.15. The number of nitrogens with one attached hydrogen (secondary N) is 1. The van der Waals surface area contributed by atoms with Gasteiger partial charge in [-0.15, -0.1) is 0 Å². The lowest BCUT2D eigenvalue weighted by atomic mass is 9.88. The number of aryl methyl sites for hydroxylation is 1. The van der Waals surface area contributed by atoms with Crippen LogP contribution in [-0.2, 0) is 12.8 Å². The van der Waals surface area contributed by atoms with E-state index in [0.29, 0.717) is 22.7 Å². The molecule has 0 spiro atoms. The van der Waals surface area contributed by atoms with Gasteiger partial charge in [0.1, 0.15) is 0 Å². The van der Waals surface area contributed by atoms with Crippen molar-refractivity contribution in [3.63, 3.8) is 0 Å². The van der Waals surface area contributed by atoms with E-state index in [1.165, 1.54) is 0 Å². The number of anilines is 1. The van der Waals surface area contributed by atoms with E-state index in [1.807, 2.05) is 48.5 Å². The predicted molar refractivity (Wildman–Crippen MR) is 142 cm³/mol. The molecular weight excluding hydrogens is 488 g/mol. The SMILES string of the molecule is NC(=O)c1nn(-c2ccc(-c3ccoc3)cc2)c2c1CCc1ccc(NC(=O)c3ccccc3Cl)cc1-2. The topological polar surface area (TPSA) is 103 Å². The Kier molecular flexibility index (Phi) is 5.62. The van der Waals surface area contributed by atoms with Gasteiger partial charge in [-0.05, 0) is 66.4 Å². The van der Waals surface area contributed by atoms with Crippen LogP contribution < -0.4 is 11.1 Å². The number of benzene rings is 3. The van der Waals surface area contributed by atoms with Gasteiger partial charge in [0.05, 0.1) is 34.5 Å². The molecule has 3 N–H and O–H groups in total. The first kappa shape index (κ1) is 22.8. The molecule has 0 radical (unpaired) electrons. The van der Waals surface area contributed by atoms with Crippen molar-refractivity contribution in [3.05, 3.63) is 113 Å². The zero-order chi connectivity index (χ0) is 25.5. The van der Waals surface area contributed by atoms with Gasteiger partial charge in [-0.3, -0.25) is 9.59 Å². The van der Waals surface area contributed by atoms with Crippen LogP contribution in [0.2, 0.25) is 5.02 Å². The van der Waals surface area contributed by atoms with Gasteiger partial charge in [0.2, 0.25) is 0 Å². The second kappa shape index (κ2) is 9.11. The van der Waals surface area contributed by atoms with Crippen molar-refractivity contribution >= 4 is 29.1 Å². The van der Waals surface area contributed by atoms with Crippen molar-refractivity contribution in [2.75, 3.05) is 5.32 Å². The number of fused-ring (bicyclic) bond motifs is 3. The summed E-state index contributed by atoms with van der Waals surface area (Å²) < 4.78 is 6.95. The first-order valence-corrected chi connectivity index (χ1v) is 12.1. The normalized spacial score (nSPS) is 12.0. The van der Waals surface area contributed by atoms with Gasteiger partial charge in [-0.1, -0.05) is 41.9 Å². The Morgan fingerprint density at radius 1 is 0.973 bits per heavy atom. The standard InChI is InChI=1S/C29H21ClN4O3/c30-25-4-2-1-3-22(25)29(36)32-20-9-5-18-8-12-23-26(28(31)35)33-34(27(23)24(18)15-20)21-10-6-17(7-11-21)19-13-14-37-16-19/h1-7,9-11,13-16H,8,12H2,(H2,31,35)(H,32,36). The average molecular weight is 509 g/mol. The molecule has 2 heterocycles. The van der Waals surface area contributed by atoms with E-state index in [9.17, 15) is 9.59 Å². The third-order valence-electron chi connectivity index (χ3n) is 6.57. The number of amides is 2. The van der Waals surface area contributed by atoms with Gasteiger partial charge in [-0.2, -0.15) is 5.10 Å². The number of carbonyl (C=O) groups is 2. The van der Waals surface area contributed by atoms with Crippen molar-refractivity contribution in [1.82, 2.24) is 9.78 Å². The predicted octanol–water partition coefficient (Wildman–Crippen LogP) is 5.90. The van der Waals surface area contributed by atoms with Crippen LogP contribution in [0.3, 0.4) is 0 Å². The smallest absolute Gasteiger partial charge is 0.269 e. The second-order valence-corrected chi connectivity index (χ2v) is 9.22. The number of primary amides is 1. The third-order valence-corrected chi connectivity index (χ3v) is 6.90. The largest absolute Gasteiger partial charge is 0.472 e. The Morgan fingerprint density at radius 3 is 2.51 bits per heavy atom. The van der Waals surface area contributed by atoms with Crippen molar-refractivity contribution in [1.29, 1.82) is 0 Å². The number of hydrogen-bond acceptors (Lipinski definition) is 4. The molecular formula is C29H21ClN4O3. The molecule has 0 saturated heterocycles. The average Bonchev–Trinajstić information content (AvgIpc) is 3.58. The lowest BCUT2D eigenvalue weighted by molar-refractivity contribution is 0.0992. The molecule has 6 rings (SSSR count). The minimum absolute atomic E-state index is 0.255. The van der Waals surface area contributed by atoms with Crippen LogP contribution in [0.25, 0.3) is 28.1 Å². The van der Waals surface area contributed by atoms with Crippen LogP contribution in [0.5, 0.6) is 0 Å². The minimum atomic E-state index is -0.573. The third kappa shape index (κ3) is 4.09. The van der Waals surface area contributed by atoms with Crippen molar-refractivity contribution in [3.8, 4) is 28.1 Å². The molecule has 5 aromatic rings. The molecule has 7 nitrogen and oxygen atoms in total. The van der Waals surface area contributed by atoms with Gasteiger partial charge < -0.3 is 15.5 Å². The van der Waals surface area contributed by atoms with Gasteiger partial charge in [-0.25, -0.2) is 4.68 Å². The van der Waals surface area contributed by atoms with E-state index in [0.717, 1.165) is 45.6 Å². The maximum atomic E-state index is 12.9. The summed E-state index contributed by atoms with van der Waals surface area (Å²) in [6, 6.07) is 22.4. The highest BCUT2D eigenvalue weighted by Gasteiger charge is 2.28. The number of hydrogen-bond donors (Lipinski definition) is 2. The number of nitrogens with two attached hydrogens (primary N) is 1. The zero-order valence-electron chi connectivity index (χ0n) is 19.6. The fourth-order valence-electron chi connectivity index (χ4n) is 4.77. The van der Waals surface area contributed by atoms with Crippen LogP contribution in [0.15, 0.2) is 89.7 Å². The van der Waals surface area contributed by atoms with Crippen LogP contribution in [0.1, 0.15) is 32.0 Å². The fourth-order valence-corrected chi connectivity index (χ4v) is 4.99. The molecule has 1 aliphatic rings. The Balaban J connectivity index is 1.43. The Bertz CT molecular complexity index is 1650. The zero-order valence-corrected chi connectivity index (χ0v) is 20.3. The molecule has 0 unspecified atom stereocenters. The van der Waals surface area contributed by atoms with Crippen LogP contribution in [0.4, 0.5) is 5.69 Å². The summed E-state index contributed by atoms with van der Waals surface area (Å²) in [5.74, 6) is -0.876. The maximum Gasteiger partial charge on any atom is 0.269 e. The van der Waals surface area contributed by atoms with Crippen molar-refractivity contribution in [2.24, 2.45) is 5.73 Å². The first-order valence-electron chi connectivity index (χ1n) is 11.7. The van der Waals surface area contributed by atoms with E-state index in [4.69, 9.17) is 21.8 Å². The van der Waals surface area contributed by atoms with Gasteiger partial charge in [0, 0.05) is 22.4 Å². The number of halogens is 1. The van der Waals surface area contributed by atoms with Gasteiger partial charge >= 0.3 is 0 Å². The summed E-state index contributed by atoms with van der Waals surface area (Å²) in [5.41, 5.74) is 13.3. The maximum absolute atomic E-state index is 12.9. The van der Waals surface area contributed by atoms with E-state index < -0.39 is 5.91 Å². The molecule has 2 amide bonds. The summed E-state index contributed by atoms with van der Waals surface area (Å²) in [4.78, 5) is 25.2. The number of carbonyl (C=O) groups excluding carboxylic acids is 2. The molecule has 0 aliphatic heterocycles. The highest BCUT2D eigenvalue weighted by Crippen LogP contribution is 2.38. The summed E-state index contributed by atoms with van der Waals surface area (Å²) in [5, 5.41) is 7.94. The molecule has 182 valence electrons. The van der Waals surface area contributed by atoms with Crippen molar-refractivity contribution < 1.29 is 14.0 Å². The van der Waals surface area contributed by atoms with Crippen LogP contribution in [0, 0.1) is 0 Å².